The Hall–Kier alpha value is -0.540. The maximum atomic E-state index is 4.80. The molecule has 128 valence electrons. The summed E-state index contributed by atoms with van der Waals surface area (Å²) >= 11 is 2.07. The Balaban J connectivity index is 1.74. The first-order chi connectivity index (χ1) is 11.4. The van der Waals surface area contributed by atoms with Crippen LogP contribution in [0.25, 0.3) is 0 Å². The van der Waals surface area contributed by atoms with Crippen LogP contribution in [-0.4, -0.2) is 28.2 Å². The van der Waals surface area contributed by atoms with E-state index in [-0.39, 0.29) is 0 Å². The van der Waals surface area contributed by atoms with Crippen molar-refractivity contribution in [2.75, 3.05) is 13.1 Å². The summed E-state index contributed by atoms with van der Waals surface area (Å²) < 4.78 is 0. The van der Waals surface area contributed by atoms with E-state index in [2.05, 4.69) is 35.7 Å². The van der Waals surface area contributed by atoms with Crippen molar-refractivity contribution in [2.45, 2.75) is 87.4 Å². The molecule has 2 heterocycles. The Bertz CT molecular complexity index is 470. The molecule has 1 saturated heterocycles. The minimum absolute atomic E-state index is 0.607. The van der Waals surface area contributed by atoms with E-state index in [4.69, 9.17) is 4.98 Å². The number of unbranched alkanes of at least 4 members (excludes halogenated alkanes) is 1. The van der Waals surface area contributed by atoms with E-state index in [0.717, 1.165) is 5.25 Å². The number of piperidine rings is 1. The third-order valence-corrected chi connectivity index (χ3v) is 6.77. The molecule has 1 aliphatic carbocycles. The van der Waals surface area contributed by atoms with Crippen LogP contribution < -0.4 is 0 Å². The van der Waals surface area contributed by atoms with Gasteiger partial charge in [0.25, 0.3) is 0 Å². The van der Waals surface area contributed by atoms with Gasteiger partial charge in [0.05, 0.1) is 0 Å². The van der Waals surface area contributed by atoms with Gasteiger partial charge in [-0.2, -0.15) is 0 Å². The average Bonchev–Trinajstić information content (AvgIpc) is 2.62. The molecule has 1 aromatic heterocycles. The van der Waals surface area contributed by atoms with Gasteiger partial charge in [-0.05, 0) is 51.3 Å². The lowest BCUT2D eigenvalue weighted by Gasteiger charge is -2.37. The van der Waals surface area contributed by atoms with Gasteiger partial charge in [0.2, 0.25) is 0 Å². The summed E-state index contributed by atoms with van der Waals surface area (Å²) in [6.45, 7) is 4.82. The van der Waals surface area contributed by atoms with Gasteiger partial charge in [0, 0.05) is 23.1 Å². The number of thioether (sulfide) groups is 1. The smallest absolute Gasteiger partial charge is 0.101 e. The number of aromatic nitrogens is 1. The Kier molecular flexibility index (Phi) is 6.82. The van der Waals surface area contributed by atoms with Crippen LogP contribution >= 0.6 is 11.8 Å². The van der Waals surface area contributed by atoms with Crippen molar-refractivity contribution >= 4 is 11.8 Å². The average molecular weight is 333 g/mol. The molecule has 3 rings (SSSR count). The van der Waals surface area contributed by atoms with Crippen molar-refractivity contribution in [3.63, 3.8) is 0 Å². The van der Waals surface area contributed by atoms with Crippen LogP contribution in [0.1, 0.15) is 82.7 Å². The summed E-state index contributed by atoms with van der Waals surface area (Å²) in [4.78, 5) is 7.53. The summed E-state index contributed by atoms with van der Waals surface area (Å²) in [5.74, 6) is 0. The summed E-state index contributed by atoms with van der Waals surface area (Å²) in [5.41, 5.74) is 1.51. The molecule has 23 heavy (non-hydrogen) atoms. The largest absolute Gasteiger partial charge is 0.296 e. The predicted molar refractivity (Wildman–Crippen MR) is 100 cm³/mol. The first-order valence-corrected chi connectivity index (χ1v) is 10.6. The lowest BCUT2D eigenvalue weighted by molar-refractivity contribution is 0.144. The molecule has 0 spiro atoms. The van der Waals surface area contributed by atoms with E-state index in [1.54, 1.807) is 0 Å². The van der Waals surface area contributed by atoms with Crippen molar-refractivity contribution < 1.29 is 0 Å². The first-order valence-electron chi connectivity index (χ1n) is 9.74. The maximum Gasteiger partial charge on any atom is 0.101 e. The van der Waals surface area contributed by atoms with Crippen LogP contribution in [-0.2, 0) is 0 Å². The van der Waals surface area contributed by atoms with E-state index in [1.807, 2.05) is 6.20 Å². The number of hydrogen-bond donors (Lipinski definition) is 0. The van der Waals surface area contributed by atoms with Crippen LogP contribution in [0.15, 0.2) is 23.4 Å². The van der Waals surface area contributed by atoms with Gasteiger partial charge in [0.15, 0.2) is 0 Å². The number of rotatable bonds is 6. The highest BCUT2D eigenvalue weighted by atomic mass is 32.2. The second-order valence-electron chi connectivity index (χ2n) is 7.18. The fraction of sp³-hybridized carbons (Fsp3) is 0.750. The standard InChI is InChI=1S/C20H32N2S/c1-2-3-15-22-16-8-7-13-19(22)18-12-9-14-21-20(18)23-17-10-5-4-6-11-17/h9,12,14,17,19H,2-8,10-11,13,15-16H2,1H3/t19-/m1/s1. The molecular formula is C20H32N2S. The van der Waals surface area contributed by atoms with Gasteiger partial charge in [-0.3, -0.25) is 4.90 Å². The van der Waals surface area contributed by atoms with Gasteiger partial charge >= 0.3 is 0 Å². The Morgan fingerprint density at radius 3 is 2.78 bits per heavy atom. The second kappa shape index (κ2) is 9.08. The van der Waals surface area contributed by atoms with Crippen LogP contribution in [0.5, 0.6) is 0 Å². The van der Waals surface area contributed by atoms with Crippen LogP contribution in [0.4, 0.5) is 0 Å². The summed E-state index contributed by atoms with van der Waals surface area (Å²) in [7, 11) is 0. The number of nitrogens with zero attached hydrogens (tertiary/aromatic N) is 2. The zero-order valence-electron chi connectivity index (χ0n) is 14.7. The highest BCUT2D eigenvalue weighted by Gasteiger charge is 2.27. The minimum Gasteiger partial charge on any atom is -0.296 e. The molecule has 1 saturated carbocycles. The highest BCUT2D eigenvalue weighted by molar-refractivity contribution is 7.99. The van der Waals surface area contributed by atoms with Crippen LogP contribution in [0, 0.1) is 0 Å². The molecular weight excluding hydrogens is 300 g/mol. The van der Waals surface area contributed by atoms with Gasteiger partial charge in [-0.1, -0.05) is 45.1 Å². The van der Waals surface area contributed by atoms with Crippen molar-refractivity contribution in [3.8, 4) is 0 Å². The topological polar surface area (TPSA) is 16.1 Å². The molecule has 2 aliphatic rings. The molecule has 2 fully saturated rings. The number of hydrogen-bond acceptors (Lipinski definition) is 3. The van der Waals surface area contributed by atoms with E-state index < -0.39 is 0 Å². The van der Waals surface area contributed by atoms with Crippen molar-refractivity contribution in [2.24, 2.45) is 0 Å². The summed E-state index contributed by atoms with van der Waals surface area (Å²) in [5, 5.41) is 2.12. The Morgan fingerprint density at radius 1 is 1.13 bits per heavy atom. The molecule has 0 unspecified atom stereocenters. The molecule has 1 aromatic rings. The number of likely N-dealkylation sites (tertiary alicyclic amines) is 1. The minimum atomic E-state index is 0.607. The lowest BCUT2D eigenvalue weighted by Crippen LogP contribution is -2.34. The molecule has 3 heteroatoms. The molecule has 0 bridgehead atoms. The predicted octanol–water partition coefficient (Wildman–Crippen LogP) is 5.83. The molecule has 1 aliphatic heterocycles. The monoisotopic (exact) mass is 332 g/mol. The van der Waals surface area contributed by atoms with Gasteiger partial charge < -0.3 is 0 Å². The van der Waals surface area contributed by atoms with E-state index in [0.29, 0.717) is 6.04 Å². The van der Waals surface area contributed by atoms with E-state index in [9.17, 15) is 0 Å². The van der Waals surface area contributed by atoms with Crippen LogP contribution in [0.3, 0.4) is 0 Å². The first kappa shape index (κ1) is 17.3. The van der Waals surface area contributed by atoms with E-state index in [1.165, 1.54) is 87.9 Å². The molecule has 2 nitrogen and oxygen atoms in total. The zero-order chi connectivity index (χ0) is 15.9. The lowest BCUT2D eigenvalue weighted by atomic mass is 9.96. The third-order valence-electron chi connectivity index (χ3n) is 5.40. The van der Waals surface area contributed by atoms with Crippen molar-refractivity contribution in [3.05, 3.63) is 23.9 Å². The second-order valence-corrected chi connectivity index (χ2v) is 8.47. The molecule has 0 radical (unpaired) electrons. The third kappa shape index (κ3) is 4.73. The number of pyridine rings is 1. The molecule has 0 amide bonds. The quantitative estimate of drug-likeness (QED) is 0.651. The molecule has 0 N–H and O–H groups in total. The van der Waals surface area contributed by atoms with E-state index >= 15 is 0 Å². The summed E-state index contributed by atoms with van der Waals surface area (Å²) in [6, 6.07) is 5.11. The Morgan fingerprint density at radius 2 is 1.96 bits per heavy atom. The zero-order valence-corrected chi connectivity index (χ0v) is 15.5. The fourth-order valence-corrected chi connectivity index (χ4v) is 5.41. The van der Waals surface area contributed by atoms with Gasteiger partial charge in [-0.25, -0.2) is 4.98 Å². The summed E-state index contributed by atoms with van der Waals surface area (Å²) in [6.07, 6.45) is 15.7. The fourth-order valence-electron chi connectivity index (χ4n) is 4.07. The van der Waals surface area contributed by atoms with Crippen molar-refractivity contribution in [1.29, 1.82) is 0 Å². The molecule has 0 aromatic carbocycles. The van der Waals surface area contributed by atoms with Crippen LogP contribution in [0.2, 0.25) is 0 Å². The molecule has 1 atom stereocenters. The SMILES string of the molecule is CCCCN1CCCC[C@@H]1c1cccnc1SC1CCCCC1. The normalized spacial score (nSPS) is 24.0. The highest BCUT2D eigenvalue weighted by Crippen LogP contribution is 2.39. The van der Waals surface area contributed by atoms with Crippen molar-refractivity contribution in [1.82, 2.24) is 9.88 Å². The maximum absolute atomic E-state index is 4.80. The Labute approximate surface area is 146 Å². The van der Waals surface area contributed by atoms with Gasteiger partial charge in [0.1, 0.15) is 5.03 Å². The van der Waals surface area contributed by atoms with Gasteiger partial charge in [-0.15, -0.1) is 11.8 Å².